The van der Waals surface area contributed by atoms with Crippen LogP contribution in [0.3, 0.4) is 0 Å². The average Bonchev–Trinajstić information content (AvgIpc) is 2.25. The highest BCUT2D eigenvalue weighted by molar-refractivity contribution is 7.80. The van der Waals surface area contributed by atoms with Gasteiger partial charge in [-0.05, 0) is 36.5 Å². The monoisotopic (exact) mass is 255 g/mol. The number of nitrogens with zero attached hydrogens (tertiary/aromatic N) is 3. The van der Waals surface area contributed by atoms with E-state index in [-0.39, 0.29) is 16.5 Å². The number of rotatable bonds is 3. The molecule has 0 bridgehead atoms. The van der Waals surface area contributed by atoms with E-state index in [0.717, 1.165) is 5.69 Å². The van der Waals surface area contributed by atoms with Gasteiger partial charge in [0.25, 0.3) is 0 Å². The lowest BCUT2D eigenvalue weighted by Crippen LogP contribution is -2.23. The number of nitrogens with one attached hydrogen (secondary N) is 1. The van der Waals surface area contributed by atoms with Crippen molar-refractivity contribution in [2.75, 3.05) is 5.43 Å². The zero-order chi connectivity index (χ0) is 12.0. The van der Waals surface area contributed by atoms with E-state index in [2.05, 4.69) is 33.0 Å². The van der Waals surface area contributed by atoms with Crippen LogP contribution in [0.25, 0.3) is 0 Å². The topological polar surface area (TPSA) is 159 Å². The molecule has 1 aromatic carbocycles. The molecule has 0 amide bonds. The number of azo groups is 1. The third kappa shape index (κ3) is 6.02. The predicted octanol–water partition coefficient (Wildman–Crippen LogP) is -0.211. The molecule has 9 N–H and O–H groups in total. The van der Waals surface area contributed by atoms with E-state index in [1.54, 1.807) is 24.3 Å². The Morgan fingerprint density at radius 1 is 1.12 bits per heavy atom. The molecule has 0 aliphatic rings. The van der Waals surface area contributed by atoms with E-state index in [4.69, 9.17) is 17.2 Å². The summed E-state index contributed by atoms with van der Waals surface area (Å²) in [4.78, 5) is 0. The van der Waals surface area contributed by atoms with Crippen LogP contribution in [0, 0.1) is 0 Å². The molecule has 0 unspecified atom stereocenters. The molecule has 0 saturated carbocycles. The van der Waals surface area contributed by atoms with E-state index >= 15 is 0 Å². The quantitative estimate of drug-likeness (QED) is 0.193. The van der Waals surface area contributed by atoms with E-state index in [0.29, 0.717) is 5.69 Å². The normalized spacial score (nSPS) is 9.41. The average molecular weight is 255 g/mol. The molecule has 0 aromatic heterocycles. The van der Waals surface area contributed by atoms with Gasteiger partial charge in [0.15, 0.2) is 0 Å². The van der Waals surface area contributed by atoms with Gasteiger partial charge in [-0.25, -0.2) is 0 Å². The summed E-state index contributed by atoms with van der Waals surface area (Å²) >= 11 is 4.55. The van der Waals surface area contributed by atoms with Crippen LogP contribution >= 0.6 is 12.2 Å². The van der Waals surface area contributed by atoms with Crippen molar-refractivity contribution in [1.29, 1.82) is 0 Å². The zero-order valence-electron chi connectivity index (χ0n) is 8.79. The third-order valence-corrected chi connectivity index (χ3v) is 1.53. The van der Waals surface area contributed by atoms with Crippen molar-refractivity contribution in [3.63, 3.8) is 0 Å². The molecule has 17 heavy (non-hydrogen) atoms. The molecule has 1 aromatic rings. The molecule has 0 heterocycles. The summed E-state index contributed by atoms with van der Waals surface area (Å²) in [5.74, 6) is -0.0442. The Morgan fingerprint density at radius 3 is 2.18 bits per heavy atom. The summed E-state index contributed by atoms with van der Waals surface area (Å²) in [5, 5.41) is 10.9. The SMILES string of the molecule is NC(=S)N=Nc1ccc(NN=C(N)N)cc1.O. The van der Waals surface area contributed by atoms with Crippen molar-refractivity contribution in [1.82, 2.24) is 0 Å². The van der Waals surface area contributed by atoms with Crippen LogP contribution in [0.2, 0.25) is 0 Å². The van der Waals surface area contributed by atoms with Gasteiger partial charge < -0.3 is 22.7 Å². The van der Waals surface area contributed by atoms with E-state index in [1.165, 1.54) is 0 Å². The fraction of sp³-hybridized carbons (Fsp3) is 0. The van der Waals surface area contributed by atoms with E-state index in [1.807, 2.05) is 0 Å². The molecule has 0 atom stereocenters. The highest BCUT2D eigenvalue weighted by Crippen LogP contribution is 2.16. The van der Waals surface area contributed by atoms with Gasteiger partial charge in [-0.3, -0.25) is 5.43 Å². The molecule has 92 valence electrons. The Morgan fingerprint density at radius 2 is 1.71 bits per heavy atom. The van der Waals surface area contributed by atoms with Gasteiger partial charge in [-0.15, -0.1) is 15.3 Å². The highest BCUT2D eigenvalue weighted by atomic mass is 32.1. The van der Waals surface area contributed by atoms with Crippen molar-refractivity contribution in [2.45, 2.75) is 0 Å². The highest BCUT2D eigenvalue weighted by Gasteiger charge is 1.92. The predicted molar refractivity (Wildman–Crippen MR) is 70.8 cm³/mol. The van der Waals surface area contributed by atoms with Crippen LogP contribution in [0.4, 0.5) is 11.4 Å². The van der Waals surface area contributed by atoms with Crippen molar-refractivity contribution in [3.05, 3.63) is 24.3 Å². The van der Waals surface area contributed by atoms with Crippen LogP contribution in [0.1, 0.15) is 0 Å². The van der Waals surface area contributed by atoms with Gasteiger partial charge in [0.05, 0.1) is 11.4 Å². The summed E-state index contributed by atoms with van der Waals surface area (Å²) in [6.07, 6.45) is 0. The van der Waals surface area contributed by atoms with Crippen molar-refractivity contribution >= 4 is 34.7 Å². The minimum absolute atomic E-state index is 0. The number of thiocarbonyl (C=S) groups is 1. The summed E-state index contributed by atoms with van der Waals surface area (Å²) in [7, 11) is 0. The third-order valence-electron chi connectivity index (χ3n) is 1.45. The van der Waals surface area contributed by atoms with Gasteiger partial charge in [0.2, 0.25) is 11.1 Å². The van der Waals surface area contributed by atoms with Crippen molar-refractivity contribution < 1.29 is 5.48 Å². The molecule has 0 radical (unpaired) electrons. The number of anilines is 1. The number of nitrogens with two attached hydrogens (primary N) is 3. The molecular weight excluding hydrogens is 242 g/mol. The van der Waals surface area contributed by atoms with Gasteiger partial charge >= 0.3 is 0 Å². The smallest absolute Gasteiger partial charge is 0.211 e. The maximum Gasteiger partial charge on any atom is 0.211 e. The molecule has 0 spiro atoms. The molecule has 0 aliphatic carbocycles. The Hall–Kier alpha value is -2.26. The van der Waals surface area contributed by atoms with Gasteiger partial charge in [0, 0.05) is 0 Å². The molecule has 0 fully saturated rings. The lowest BCUT2D eigenvalue weighted by molar-refractivity contribution is 0.824. The molecular formula is C8H13N7OS. The zero-order valence-corrected chi connectivity index (χ0v) is 9.61. The first kappa shape index (κ1) is 14.7. The summed E-state index contributed by atoms with van der Waals surface area (Å²) in [6.45, 7) is 0. The fourth-order valence-corrected chi connectivity index (χ4v) is 0.880. The van der Waals surface area contributed by atoms with Crippen LogP contribution in [0.15, 0.2) is 39.6 Å². The van der Waals surface area contributed by atoms with Crippen LogP contribution in [-0.4, -0.2) is 16.5 Å². The number of hydrogen-bond acceptors (Lipinski definition) is 4. The first-order valence-corrected chi connectivity index (χ1v) is 4.64. The van der Waals surface area contributed by atoms with Gasteiger partial charge in [-0.2, -0.15) is 0 Å². The van der Waals surface area contributed by atoms with Crippen LogP contribution < -0.4 is 22.6 Å². The first-order valence-electron chi connectivity index (χ1n) is 4.24. The number of hydrogen-bond donors (Lipinski definition) is 4. The minimum atomic E-state index is -0.0442. The molecule has 1 rings (SSSR count). The maximum absolute atomic E-state index is 5.16. The lowest BCUT2D eigenvalue weighted by atomic mass is 10.3. The lowest BCUT2D eigenvalue weighted by Gasteiger charge is -2.00. The Balaban J connectivity index is 0.00000256. The molecule has 0 saturated heterocycles. The number of hydrazone groups is 1. The number of benzene rings is 1. The van der Waals surface area contributed by atoms with Crippen LogP contribution in [0.5, 0.6) is 0 Å². The standard InChI is InChI=1S/C8H11N7S.H2O/c9-7(10)14-12-5-1-3-6(4-2-5)13-15-8(11)16;/h1-4,12H,(H2,11,16)(H4,9,10,14);1H2. The minimum Gasteiger partial charge on any atom is -0.412 e. The summed E-state index contributed by atoms with van der Waals surface area (Å²) in [5.41, 5.74) is 19.5. The van der Waals surface area contributed by atoms with Crippen LogP contribution in [-0.2, 0) is 0 Å². The Kier molecular flexibility index (Phi) is 6.14. The van der Waals surface area contributed by atoms with Gasteiger partial charge in [-0.1, -0.05) is 0 Å². The second-order valence-electron chi connectivity index (χ2n) is 2.73. The summed E-state index contributed by atoms with van der Waals surface area (Å²) in [6, 6.07) is 6.90. The molecule has 0 aliphatic heterocycles. The Labute approximate surface area is 103 Å². The Bertz CT molecular complexity index is 424. The van der Waals surface area contributed by atoms with E-state index in [9.17, 15) is 0 Å². The van der Waals surface area contributed by atoms with Gasteiger partial charge in [0.1, 0.15) is 0 Å². The maximum atomic E-state index is 5.16. The van der Waals surface area contributed by atoms with Crippen molar-refractivity contribution in [3.8, 4) is 0 Å². The first-order chi connectivity index (χ1) is 7.58. The fourth-order valence-electron chi connectivity index (χ4n) is 0.839. The summed E-state index contributed by atoms with van der Waals surface area (Å²) < 4.78 is 0. The second kappa shape index (κ2) is 7.09. The van der Waals surface area contributed by atoms with E-state index < -0.39 is 0 Å². The number of guanidine groups is 1. The second-order valence-corrected chi connectivity index (χ2v) is 3.15. The largest absolute Gasteiger partial charge is 0.412 e. The molecule has 8 nitrogen and oxygen atoms in total. The van der Waals surface area contributed by atoms with Crippen molar-refractivity contribution in [2.24, 2.45) is 32.5 Å². The molecule has 9 heteroatoms.